The molecule has 1 fully saturated rings. The fourth-order valence-corrected chi connectivity index (χ4v) is 2.33. The molecule has 0 unspecified atom stereocenters. The lowest BCUT2D eigenvalue weighted by Crippen LogP contribution is -2.42. The van der Waals surface area contributed by atoms with Crippen LogP contribution in [0.3, 0.4) is 0 Å². The van der Waals surface area contributed by atoms with E-state index >= 15 is 0 Å². The van der Waals surface area contributed by atoms with Gasteiger partial charge in [-0.2, -0.15) is 0 Å². The van der Waals surface area contributed by atoms with Gasteiger partial charge in [0.25, 0.3) is 0 Å². The summed E-state index contributed by atoms with van der Waals surface area (Å²) in [6, 6.07) is 9.60. The molecule has 1 aromatic rings. The first-order chi connectivity index (χ1) is 7.68. The van der Waals surface area contributed by atoms with Gasteiger partial charge in [-0.25, -0.2) is 0 Å². The van der Waals surface area contributed by atoms with Gasteiger partial charge in [0.05, 0.1) is 11.4 Å². The van der Waals surface area contributed by atoms with Gasteiger partial charge in [-0.3, -0.25) is 0 Å². The standard InChI is InChI=1S/C13H20N3/c1-15(2)11-7-9-16(10-8-11)13-6-4-3-5-12(13)14/h3,5-6,11H,7-10,14H2,1-2H3. The fraction of sp³-hybridized carbons (Fsp3) is 0.538. The van der Waals surface area contributed by atoms with E-state index in [0.717, 1.165) is 24.5 Å². The highest BCUT2D eigenvalue weighted by Gasteiger charge is 2.21. The monoisotopic (exact) mass is 218 g/mol. The second-order valence-corrected chi connectivity index (χ2v) is 4.67. The van der Waals surface area contributed by atoms with E-state index in [-0.39, 0.29) is 0 Å². The average molecular weight is 218 g/mol. The van der Waals surface area contributed by atoms with Gasteiger partial charge in [0.1, 0.15) is 0 Å². The number of piperidine rings is 1. The topological polar surface area (TPSA) is 32.5 Å². The van der Waals surface area contributed by atoms with E-state index in [1.165, 1.54) is 12.8 Å². The molecule has 1 saturated heterocycles. The van der Waals surface area contributed by atoms with Gasteiger partial charge in [-0.05, 0) is 45.1 Å². The maximum absolute atomic E-state index is 5.97. The highest BCUT2D eigenvalue weighted by atomic mass is 15.2. The van der Waals surface area contributed by atoms with E-state index in [9.17, 15) is 0 Å². The van der Waals surface area contributed by atoms with E-state index < -0.39 is 0 Å². The van der Waals surface area contributed by atoms with Crippen molar-refractivity contribution in [3.63, 3.8) is 0 Å². The maximum atomic E-state index is 5.97. The number of nitrogens with zero attached hydrogens (tertiary/aromatic N) is 2. The molecule has 0 atom stereocenters. The molecule has 0 spiro atoms. The van der Waals surface area contributed by atoms with E-state index in [2.05, 4.69) is 30.0 Å². The summed E-state index contributed by atoms with van der Waals surface area (Å²) in [5, 5.41) is 0. The number of nitrogens with two attached hydrogens (primary N) is 1. The molecule has 0 saturated carbocycles. The molecule has 16 heavy (non-hydrogen) atoms. The molecule has 1 radical (unpaired) electrons. The van der Waals surface area contributed by atoms with Crippen LogP contribution in [0, 0.1) is 6.07 Å². The minimum absolute atomic E-state index is 0.713. The van der Waals surface area contributed by atoms with Crippen molar-refractivity contribution in [2.45, 2.75) is 18.9 Å². The van der Waals surface area contributed by atoms with Gasteiger partial charge in [-0.15, -0.1) is 0 Å². The minimum atomic E-state index is 0.713. The molecule has 0 bridgehead atoms. The van der Waals surface area contributed by atoms with Crippen LogP contribution in [0.1, 0.15) is 12.8 Å². The number of hydrogen-bond acceptors (Lipinski definition) is 3. The van der Waals surface area contributed by atoms with Crippen molar-refractivity contribution in [1.29, 1.82) is 0 Å². The third-order valence-corrected chi connectivity index (χ3v) is 3.41. The lowest BCUT2D eigenvalue weighted by Gasteiger charge is -2.36. The van der Waals surface area contributed by atoms with Crippen LogP contribution in [-0.4, -0.2) is 38.1 Å². The molecule has 1 heterocycles. The second-order valence-electron chi connectivity index (χ2n) is 4.67. The summed E-state index contributed by atoms with van der Waals surface area (Å²) in [4.78, 5) is 4.68. The van der Waals surface area contributed by atoms with Gasteiger partial charge in [0, 0.05) is 19.1 Å². The number of rotatable bonds is 2. The first-order valence-corrected chi connectivity index (χ1v) is 5.85. The molecular formula is C13H20N3. The van der Waals surface area contributed by atoms with E-state index in [0.29, 0.717) is 6.04 Å². The fourth-order valence-electron chi connectivity index (χ4n) is 2.33. The largest absolute Gasteiger partial charge is 0.397 e. The Morgan fingerprint density at radius 3 is 2.62 bits per heavy atom. The first kappa shape index (κ1) is 11.3. The van der Waals surface area contributed by atoms with Crippen LogP contribution in [0.15, 0.2) is 18.2 Å². The van der Waals surface area contributed by atoms with Crippen LogP contribution in [0.4, 0.5) is 11.4 Å². The summed E-state index contributed by atoms with van der Waals surface area (Å²) >= 11 is 0. The van der Waals surface area contributed by atoms with Crippen molar-refractivity contribution >= 4 is 11.4 Å². The molecule has 2 N–H and O–H groups in total. The number of benzene rings is 1. The minimum Gasteiger partial charge on any atom is -0.397 e. The SMILES string of the molecule is CN(C)C1CCN(c2c[c]ccc2N)CC1. The van der Waals surface area contributed by atoms with Crippen LogP contribution in [-0.2, 0) is 0 Å². The highest BCUT2D eigenvalue weighted by Crippen LogP contribution is 2.26. The van der Waals surface area contributed by atoms with Crippen molar-refractivity contribution in [3.05, 3.63) is 24.3 Å². The molecule has 3 heteroatoms. The quantitative estimate of drug-likeness (QED) is 0.765. The highest BCUT2D eigenvalue weighted by molar-refractivity contribution is 5.67. The van der Waals surface area contributed by atoms with Crippen molar-refractivity contribution in [2.24, 2.45) is 0 Å². The third kappa shape index (κ3) is 2.30. The van der Waals surface area contributed by atoms with Gasteiger partial charge in [-0.1, -0.05) is 6.07 Å². The lowest BCUT2D eigenvalue weighted by atomic mass is 10.0. The summed E-state index contributed by atoms with van der Waals surface area (Å²) in [6.45, 7) is 2.18. The van der Waals surface area contributed by atoms with Gasteiger partial charge >= 0.3 is 0 Å². The zero-order chi connectivity index (χ0) is 11.5. The molecule has 1 aliphatic rings. The molecule has 0 amide bonds. The summed E-state index contributed by atoms with van der Waals surface area (Å²) in [5.41, 5.74) is 7.98. The smallest absolute Gasteiger partial charge is 0.0606 e. The molecule has 3 nitrogen and oxygen atoms in total. The predicted molar refractivity (Wildman–Crippen MR) is 68.6 cm³/mol. The maximum Gasteiger partial charge on any atom is 0.0606 e. The summed E-state index contributed by atoms with van der Waals surface area (Å²) in [6.07, 6.45) is 2.42. The molecule has 1 aliphatic heterocycles. The molecule has 0 aliphatic carbocycles. The number of nitrogen functional groups attached to an aromatic ring is 1. The van der Waals surface area contributed by atoms with Crippen molar-refractivity contribution < 1.29 is 0 Å². The lowest BCUT2D eigenvalue weighted by molar-refractivity contribution is 0.250. The Bertz CT molecular complexity index is 341. The predicted octanol–water partition coefficient (Wildman–Crippen LogP) is 1.60. The Morgan fingerprint density at radius 1 is 1.38 bits per heavy atom. The van der Waals surface area contributed by atoms with Gasteiger partial charge in [0.15, 0.2) is 0 Å². The molecule has 2 rings (SSSR count). The summed E-state index contributed by atoms with van der Waals surface area (Å²) in [5.74, 6) is 0. The van der Waals surface area contributed by atoms with Crippen molar-refractivity contribution in [3.8, 4) is 0 Å². The van der Waals surface area contributed by atoms with E-state index in [1.807, 2.05) is 18.2 Å². The molecule has 87 valence electrons. The Balaban J connectivity index is 2.02. The van der Waals surface area contributed by atoms with Crippen LogP contribution >= 0.6 is 0 Å². The van der Waals surface area contributed by atoms with Crippen LogP contribution in [0.25, 0.3) is 0 Å². The first-order valence-electron chi connectivity index (χ1n) is 5.85. The number of anilines is 2. The Morgan fingerprint density at radius 2 is 2.06 bits per heavy atom. The Labute approximate surface area is 97.8 Å². The van der Waals surface area contributed by atoms with E-state index in [1.54, 1.807) is 0 Å². The Hall–Kier alpha value is -1.22. The molecule has 0 aromatic heterocycles. The van der Waals surface area contributed by atoms with Crippen LogP contribution < -0.4 is 10.6 Å². The van der Waals surface area contributed by atoms with Crippen LogP contribution in [0.2, 0.25) is 0 Å². The molecular weight excluding hydrogens is 198 g/mol. The number of hydrogen-bond donors (Lipinski definition) is 1. The Kier molecular flexibility index (Phi) is 3.34. The second kappa shape index (κ2) is 4.74. The van der Waals surface area contributed by atoms with E-state index in [4.69, 9.17) is 5.73 Å². The third-order valence-electron chi connectivity index (χ3n) is 3.41. The average Bonchev–Trinajstić information content (AvgIpc) is 2.30. The summed E-state index contributed by atoms with van der Waals surface area (Å²) < 4.78 is 0. The van der Waals surface area contributed by atoms with Crippen molar-refractivity contribution in [2.75, 3.05) is 37.8 Å². The van der Waals surface area contributed by atoms with Gasteiger partial charge < -0.3 is 15.5 Å². The zero-order valence-corrected chi connectivity index (χ0v) is 10.1. The zero-order valence-electron chi connectivity index (χ0n) is 10.1. The van der Waals surface area contributed by atoms with Crippen molar-refractivity contribution in [1.82, 2.24) is 4.90 Å². The molecule has 1 aromatic carbocycles. The van der Waals surface area contributed by atoms with Gasteiger partial charge in [0.2, 0.25) is 0 Å². The van der Waals surface area contributed by atoms with Crippen LogP contribution in [0.5, 0.6) is 0 Å². The normalized spacial score (nSPS) is 18.1. The summed E-state index contributed by atoms with van der Waals surface area (Å²) in [7, 11) is 4.32.